The third-order valence-electron chi connectivity index (χ3n) is 2.88. The molecule has 0 fully saturated rings. The fourth-order valence-corrected chi connectivity index (χ4v) is 2.12. The molecule has 2 N–H and O–H groups in total. The molecular weight excluding hydrogens is 268 g/mol. The summed E-state index contributed by atoms with van der Waals surface area (Å²) in [5, 5.41) is 21.7. The number of aliphatic hydroxyl groups is 1. The second kappa shape index (κ2) is 7.65. The van der Waals surface area contributed by atoms with Crippen molar-refractivity contribution < 1.29 is 14.6 Å². The van der Waals surface area contributed by atoms with Crippen LogP contribution in [-0.2, 0) is 4.79 Å². The molecule has 0 radical (unpaired) electrons. The zero-order chi connectivity index (χ0) is 15.9. The van der Waals surface area contributed by atoms with Crippen molar-refractivity contribution in [3.63, 3.8) is 0 Å². The van der Waals surface area contributed by atoms with E-state index in [1.807, 2.05) is 19.9 Å². The van der Waals surface area contributed by atoms with Gasteiger partial charge < -0.3 is 15.2 Å². The largest absolute Gasteiger partial charge is 0.482 e. The number of hydrogen-bond acceptors (Lipinski definition) is 4. The van der Waals surface area contributed by atoms with Gasteiger partial charge in [-0.05, 0) is 31.4 Å². The van der Waals surface area contributed by atoms with Gasteiger partial charge in [-0.1, -0.05) is 26.0 Å². The number of carbonyl (C=O) groups excluding carboxylic acids is 1. The molecule has 21 heavy (non-hydrogen) atoms. The average Bonchev–Trinajstić information content (AvgIpc) is 2.42. The van der Waals surface area contributed by atoms with Gasteiger partial charge in [0.2, 0.25) is 0 Å². The lowest BCUT2D eigenvalue weighted by molar-refractivity contribution is -0.124. The van der Waals surface area contributed by atoms with E-state index in [9.17, 15) is 9.90 Å². The molecule has 0 aliphatic carbocycles. The topological polar surface area (TPSA) is 82.3 Å². The second-order valence-corrected chi connectivity index (χ2v) is 5.77. The zero-order valence-corrected chi connectivity index (χ0v) is 12.7. The molecule has 0 saturated carbocycles. The Morgan fingerprint density at radius 2 is 2.14 bits per heavy atom. The van der Waals surface area contributed by atoms with Gasteiger partial charge in [0, 0.05) is 6.54 Å². The van der Waals surface area contributed by atoms with Crippen molar-refractivity contribution in [2.45, 2.75) is 32.8 Å². The molecule has 1 amide bonds. The van der Waals surface area contributed by atoms with Crippen LogP contribution in [0.3, 0.4) is 0 Å². The van der Waals surface area contributed by atoms with Crippen LogP contribution in [0.15, 0.2) is 24.3 Å². The van der Waals surface area contributed by atoms with E-state index in [1.165, 1.54) is 0 Å². The van der Waals surface area contributed by atoms with Gasteiger partial charge in [-0.25, -0.2) is 0 Å². The van der Waals surface area contributed by atoms with E-state index < -0.39 is 5.60 Å². The lowest BCUT2D eigenvalue weighted by atomic mass is 9.94. The van der Waals surface area contributed by atoms with Crippen LogP contribution in [0, 0.1) is 17.2 Å². The van der Waals surface area contributed by atoms with Crippen LogP contribution >= 0.6 is 0 Å². The minimum Gasteiger partial charge on any atom is -0.482 e. The van der Waals surface area contributed by atoms with Crippen LogP contribution in [0.25, 0.3) is 0 Å². The first-order valence-electron chi connectivity index (χ1n) is 6.95. The molecule has 0 saturated heterocycles. The number of rotatable bonds is 7. The lowest BCUT2D eigenvalue weighted by Gasteiger charge is -2.25. The molecule has 1 rings (SSSR count). The summed E-state index contributed by atoms with van der Waals surface area (Å²) < 4.78 is 5.32. The number of ether oxygens (including phenoxy) is 1. The van der Waals surface area contributed by atoms with E-state index in [0.717, 1.165) is 0 Å². The molecule has 0 spiro atoms. The first kappa shape index (κ1) is 17.0. The van der Waals surface area contributed by atoms with E-state index in [0.29, 0.717) is 23.7 Å². The number of para-hydroxylation sites is 1. The maximum absolute atomic E-state index is 11.7. The lowest BCUT2D eigenvalue weighted by Crippen LogP contribution is -2.43. The van der Waals surface area contributed by atoms with Gasteiger partial charge in [0.25, 0.3) is 5.91 Å². The monoisotopic (exact) mass is 290 g/mol. The van der Waals surface area contributed by atoms with Crippen molar-refractivity contribution >= 4 is 5.91 Å². The molecule has 0 aliphatic heterocycles. The summed E-state index contributed by atoms with van der Waals surface area (Å²) in [6, 6.07) is 8.73. The number of amides is 1. The van der Waals surface area contributed by atoms with Gasteiger partial charge in [-0.3, -0.25) is 4.79 Å². The van der Waals surface area contributed by atoms with Gasteiger partial charge in [0.15, 0.2) is 6.61 Å². The summed E-state index contributed by atoms with van der Waals surface area (Å²) in [5.74, 6) is 0.395. The number of benzene rings is 1. The molecule has 1 aromatic carbocycles. The van der Waals surface area contributed by atoms with Crippen LogP contribution in [0.1, 0.15) is 32.8 Å². The van der Waals surface area contributed by atoms with E-state index >= 15 is 0 Å². The number of nitrogens with zero attached hydrogens (tertiary/aromatic N) is 1. The third-order valence-corrected chi connectivity index (χ3v) is 2.88. The van der Waals surface area contributed by atoms with Crippen molar-refractivity contribution in [1.29, 1.82) is 5.26 Å². The van der Waals surface area contributed by atoms with Crippen molar-refractivity contribution in [2.75, 3.05) is 13.2 Å². The van der Waals surface area contributed by atoms with Gasteiger partial charge >= 0.3 is 0 Å². The number of hydrogen-bond donors (Lipinski definition) is 2. The van der Waals surface area contributed by atoms with Gasteiger partial charge in [0.05, 0.1) is 11.2 Å². The Morgan fingerprint density at radius 1 is 1.48 bits per heavy atom. The molecule has 114 valence electrons. The Morgan fingerprint density at radius 3 is 2.76 bits per heavy atom. The number of nitriles is 1. The molecule has 0 aromatic heterocycles. The Bertz CT molecular complexity index is 518. The highest BCUT2D eigenvalue weighted by Crippen LogP contribution is 2.17. The SMILES string of the molecule is CC(C)CC(C)(O)CNC(=O)COc1ccccc1C#N. The standard InChI is InChI=1S/C16H22N2O3/c1-12(2)8-16(3,20)11-18-15(19)10-21-14-7-5-4-6-13(14)9-17/h4-7,12,20H,8,10-11H2,1-3H3,(H,18,19). The second-order valence-electron chi connectivity index (χ2n) is 5.77. The normalized spacial score (nSPS) is 13.3. The first-order valence-corrected chi connectivity index (χ1v) is 6.95. The zero-order valence-electron chi connectivity index (χ0n) is 12.7. The predicted octanol–water partition coefficient (Wildman–Crippen LogP) is 1.85. The Hall–Kier alpha value is -2.06. The molecule has 1 aromatic rings. The molecule has 0 heterocycles. The van der Waals surface area contributed by atoms with Crippen LogP contribution in [0.5, 0.6) is 5.75 Å². The summed E-state index contributed by atoms with van der Waals surface area (Å²) in [6.45, 7) is 5.71. The number of nitrogens with one attached hydrogen (secondary N) is 1. The van der Waals surface area contributed by atoms with Crippen molar-refractivity contribution in [3.05, 3.63) is 29.8 Å². The summed E-state index contributed by atoms with van der Waals surface area (Å²) in [5.41, 5.74) is -0.550. The van der Waals surface area contributed by atoms with Crippen LogP contribution in [-0.4, -0.2) is 29.8 Å². The molecular formula is C16H22N2O3. The fourth-order valence-electron chi connectivity index (χ4n) is 2.12. The fraction of sp³-hybridized carbons (Fsp3) is 0.500. The highest BCUT2D eigenvalue weighted by atomic mass is 16.5. The predicted molar refractivity (Wildman–Crippen MR) is 79.7 cm³/mol. The van der Waals surface area contributed by atoms with Crippen LogP contribution < -0.4 is 10.1 Å². The minimum atomic E-state index is -0.936. The van der Waals surface area contributed by atoms with E-state index in [4.69, 9.17) is 10.00 Å². The maximum atomic E-state index is 11.7. The van der Waals surface area contributed by atoms with Gasteiger partial charge in [0.1, 0.15) is 11.8 Å². The highest BCUT2D eigenvalue weighted by Gasteiger charge is 2.22. The molecule has 5 heteroatoms. The quantitative estimate of drug-likeness (QED) is 0.803. The highest BCUT2D eigenvalue weighted by molar-refractivity contribution is 5.77. The number of carbonyl (C=O) groups is 1. The van der Waals surface area contributed by atoms with Gasteiger partial charge in [-0.2, -0.15) is 5.26 Å². The van der Waals surface area contributed by atoms with E-state index in [-0.39, 0.29) is 19.1 Å². The van der Waals surface area contributed by atoms with Crippen molar-refractivity contribution in [3.8, 4) is 11.8 Å². The molecule has 1 atom stereocenters. The Labute approximate surface area is 125 Å². The van der Waals surface area contributed by atoms with Crippen LogP contribution in [0.4, 0.5) is 0 Å². The maximum Gasteiger partial charge on any atom is 0.258 e. The summed E-state index contributed by atoms with van der Waals surface area (Å²) in [7, 11) is 0. The van der Waals surface area contributed by atoms with Crippen LogP contribution in [0.2, 0.25) is 0 Å². The van der Waals surface area contributed by atoms with Crippen molar-refractivity contribution in [1.82, 2.24) is 5.32 Å². The summed E-state index contributed by atoms with van der Waals surface area (Å²) in [6.07, 6.45) is 0.603. The smallest absolute Gasteiger partial charge is 0.258 e. The summed E-state index contributed by atoms with van der Waals surface area (Å²) >= 11 is 0. The van der Waals surface area contributed by atoms with Gasteiger partial charge in [-0.15, -0.1) is 0 Å². The Balaban J connectivity index is 2.43. The minimum absolute atomic E-state index is 0.174. The van der Waals surface area contributed by atoms with E-state index in [1.54, 1.807) is 31.2 Å². The van der Waals surface area contributed by atoms with E-state index in [2.05, 4.69) is 5.32 Å². The summed E-state index contributed by atoms with van der Waals surface area (Å²) in [4.78, 5) is 11.7. The molecule has 0 aliphatic rings. The molecule has 0 bridgehead atoms. The third kappa shape index (κ3) is 6.28. The average molecular weight is 290 g/mol. The molecule has 5 nitrogen and oxygen atoms in total. The Kier molecular flexibility index (Phi) is 6.19. The first-order chi connectivity index (χ1) is 9.84. The van der Waals surface area contributed by atoms with Crippen molar-refractivity contribution in [2.24, 2.45) is 5.92 Å². The molecule has 1 unspecified atom stereocenters.